The lowest BCUT2D eigenvalue weighted by atomic mass is 9.98. The topological polar surface area (TPSA) is 104 Å². The van der Waals surface area contributed by atoms with Crippen LogP contribution >= 0.6 is 0 Å². The van der Waals surface area contributed by atoms with Gasteiger partial charge in [0.05, 0.1) is 12.1 Å². The minimum Gasteiger partial charge on any atom is -0.400 e. The first-order valence-electron chi connectivity index (χ1n) is 12.4. The number of aliphatic imine (C=N–C) groups is 1. The van der Waals surface area contributed by atoms with Crippen LogP contribution in [0, 0.1) is 5.92 Å². The normalized spacial score (nSPS) is 16.1. The van der Waals surface area contributed by atoms with Gasteiger partial charge in [-0.1, -0.05) is 43.3 Å². The van der Waals surface area contributed by atoms with Gasteiger partial charge in [-0.05, 0) is 71.8 Å². The van der Waals surface area contributed by atoms with Crippen molar-refractivity contribution in [2.75, 3.05) is 25.5 Å². The van der Waals surface area contributed by atoms with E-state index >= 15 is 0 Å². The van der Waals surface area contributed by atoms with Crippen LogP contribution in [0.25, 0.3) is 11.1 Å². The Balaban J connectivity index is 0.00000176. The molecule has 0 spiro atoms. The zero-order chi connectivity index (χ0) is 25.9. The number of benzene rings is 2. The number of aliphatic hydroxyl groups is 1. The SMILES string of the molecule is CC(=O)Nc1ncccc1C(N)=NCc1cccc(-c2cccc(CN3CCCC(C)C3)c2)c1.CO. The van der Waals surface area contributed by atoms with E-state index in [1.165, 1.54) is 49.5 Å². The van der Waals surface area contributed by atoms with Crippen LogP contribution in [0.15, 0.2) is 71.9 Å². The maximum Gasteiger partial charge on any atom is 0.222 e. The van der Waals surface area contributed by atoms with Gasteiger partial charge in [-0.25, -0.2) is 4.98 Å². The zero-order valence-electron chi connectivity index (χ0n) is 21.4. The molecular weight excluding hydrogens is 450 g/mol. The predicted molar refractivity (Wildman–Crippen MR) is 147 cm³/mol. The number of aliphatic hydroxyl groups excluding tert-OH is 1. The molecule has 1 atom stereocenters. The summed E-state index contributed by atoms with van der Waals surface area (Å²) in [4.78, 5) is 22.8. The molecule has 36 heavy (non-hydrogen) atoms. The first-order chi connectivity index (χ1) is 17.5. The van der Waals surface area contributed by atoms with Gasteiger partial charge in [0.25, 0.3) is 0 Å². The van der Waals surface area contributed by atoms with Crippen molar-refractivity contribution in [3.05, 3.63) is 83.6 Å². The van der Waals surface area contributed by atoms with Crippen LogP contribution in [0.2, 0.25) is 0 Å². The first kappa shape index (κ1) is 27.0. The van der Waals surface area contributed by atoms with E-state index in [0.29, 0.717) is 23.8 Å². The smallest absolute Gasteiger partial charge is 0.222 e. The number of amidine groups is 1. The molecule has 0 saturated carbocycles. The number of rotatable bonds is 7. The zero-order valence-corrected chi connectivity index (χ0v) is 21.4. The van der Waals surface area contributed by atoms with Gasteiger partial charge < -0.3 is 16.2 Å². The molecule has 1 unspecified atom stereocenters. The molecule has 4 rings (SSSR count). The van der Waals surface area contributed by atoms with E-state index in [9.17, 15) is 4.79 Å². The van der Waals surface area contributed by atoms with Crippen molar-refractivity contribution in [3.63, 3.8) is 0 Å². The number of carbonyl (C=O) groups excluding carboxylic acids is 1. The molecule has 1 amide bonds. The minimum absolute atomic E-state index is 0.197. The van der Waals surface area contributed by atoms with Crippen molar-refractivity contribution in [1.29, 1.82) is 0 Å². The second-order valence-electron chi connectivity index (χ2n) is 9.17. The van der Waals surface area contributed by atoms with Crippen LogP contribution in [-0.4, -0.2) is 46.9 Å². The fraction of sp³-hybridized carbons (Fsp3) is 0.345. The number of nitrogens with two attached hydrogens (primary N) is 1. The number of hydrogen-bond acceptors (Lipinski definition) is 5. The Morgan fingerprint density at radius 1 is 1.11 bits per heavy atom. The Kier molecular flexibility index (Phi) is 10.2. The predicted octanol–water partition coefficient (Wildman–Crippen LogP) is 4.45. The van der Waals surface area contributed by atoms with Gasteiger partial charge in [0.1, 0.15) is 11.7 Å². The van der Waals surface area contributed by atoms with Crippen LogP contribution in [-0.2, 0) is 17.9 Å². The van der Waals surface area contributed by atoms with Gasteiger partial charge in [0.2, 0.25) is 5.91 Å². The van der Waals surface area contributed by atoms with Gasteiger partial charge in [-0.15, -0.1) is 0 Å². The summed E-state index contributed by atoms with van der Waals surface area (Å²) >= 11 is 0. The lowest BCUT2D eigenvalue weighted by Gasteiger charge is -2.30. The molecule has 190 valence electrons. The summed E-state index contributed by atoms with van der Waals surface area (Å²) in [6.07, 6.45) is 4.25. The average Bonchev–Trinajstić information content (AvgIpc) is 2.89. The summed E-state index contributed by atoms with van der Waals surface area (Å²) in [6.45, 7) is 7.60. The number of nitrogens with one attached hydrogen (secondary N) is 1. The third-order valence-electron chi connectivity index (χ3n) is 6.14. The molecular formula is C29H37N5O2. The van der Waals surface area contributed by atoms with E-state index < -0.39 is 0 Å². The number of nitrogens with zero attached hydrogens (tertiary/aromatic N) is 3. The highest BCUT2D eigenvalue weighted by molar-refractivity contribution is 6.04. The quantitative estimate of drug-likeness (QED) is 0.337. The molecule has 4 N–H and O–H groups in total. The van der Waals surface area contributed by atoms with Crippen molar-refractivity contribution >= 4 is 17.6 Å². The lowest BCUT2D eigenvalue weighted by molar-refractivity contribution is -0.114. The van der Waals surface area contributed by atoms with Crippen LogP contribution in [0.3, 0.4) is 0 Å². The molecule has 1 fully saturated rings. The number of pyridine rings is 1. The second-order valence-corrected chi connectivity index (χ2v) is 9.17. The average molecular weight is 488 g/mol. The Labute approximate surface area is 214 Å². The highest BCUT2D eigenvalue weighted by Crippen LogP contribution is 2.24. The number of aromatic nitrogens is 1. The third-order valence-corrected chi connectivity index (χ3v) is 6.14. The van der Waals surface area contributed by atoms with Crippen molar-refractivity contribution < 1.29 is 9.90 Å². The van der Waals surface area contributed by atoms with E-state index in [4.69, 9.17) is 10.8 Å². The summed E-state index contributed by atoms with van der Waals surface area (Å²) in [6, 6.07) is 20.8. The molecule has 1 aliphatic rings. The first-order valence-corrected chi connectivity index (χ1v) is 12.4. The van der Waals surface area contributed by atoms with Crippen LogP contribution in [0.1, 0.15) is 43.4 Å². The maximum atomic E-state index is 11.5. The van der Waals surface area contributed by atoms with Gasteiger partial charge in [0, 0.05) is 33.3 Å². The Bertz CT molecular complexity index is 1180. The van der Waals surface area contributed by atoms with E-state index in [1.807, 2.05) is 6.07 Å². The van der Waals surface area contributed by atoms with Crippen LogP contribution in [0.5, 0.6) is 0 Å². The number of amides is 1. The summed E-state index contributed by atoms with van der Waals surface area (Å²) in [5.74, 6) is 1.35. The molecule has 0 bridgehead atoms. The van der Waals surface area contributed by atoms with Crippen LogP contribution in [0.4, 0.5) is 5.82 Å². The molecule has 0 aliphatic carbocycles. The molecule has 0 radical (unpaired) electrons. The Morgan fingerprint density at radius 3 is 2.50 bits per heavy atom. The summed E-state index contributed by atoms with van der Waals surface area (Å²) < 4.78 is 0. The third kappa shape index (κ3) is 7.73. The molecule has 1 saturated heterocycles. The van der Waals surface area contributed by atoms with E-state index in [-0.39, 0.29) is 5.91 Å². The van der Waals surface area contributed by atoms with E-state index in [2.05, 4.69) is 75.6 Å². The standard InChI is InChI=1S/C28H33N5O.CH4O/c1-20-7-6-14-33(18-20)19-23-9-4-11-25(16-23)24-10-3-8-22(15-24)17-31-27(29)26-12-5-13-30-28(26)32-21(2)34;1-2/h3-5,8-13,15-16,20H,6-7,14,17-19H2,1-2H3,(H2,29,31)(H,30,32,34);2H,1H3. The van der Waals surface area contributed by atoms with Gasteiger partial charge >= 0.3 is 0 Å². The molecule has 1 aliphatic heterocycles. The Hall–Kier alpha value is -3.55. The minimum atomic E-state index is -0.197. The molecule has 3 aromatic rings. The number of hydrogen-bond donors (Lipinski definition) is 3. The molecule has 2 aromatic carbocycles. The van der Waals surface area contributed by atoms with Crippen molar-refractivity contribution in [1.82, 2.24) is 9.88 Å². The molecule has 7 heteroatoms. The van der Waals surface area contributed by atoms with Gasteiger partial charge in [0.15, 0.2) is 0 Å². The van der Waals surface area contributed by atoms with E-state index in [1.54, 1.807) is 12.3 Å². The van der Waals surface area contributed by atoms with E-state index in [0.717, 1.165) is 25.1 Å². The van der Waals surface area contributed by atoms with Crippen molar-refractivity contribution in [2.45, 2.75) is 39.8 Å². The number of piperidine rings is 1. The fourth-order valence-corrected chi connectivity index (χ4v) is 4.53. The molecule has 2 heterocycles. The van der Waals surface area contributed by atoms with Crippen molar-refractivity contribution in [2.24, 2.45) is 16.6 Å². The highest BCUT2D eigenvalue weighted by Gasteiger charge is 2.16. The van der Waals surface area contributed by atoms with Gasteiger partial charge in [-0.3, -0.25) is 14.7 Å². The lowest BCUT2D eigenvalue weighted by Crippen LogP contribution is -2.33. The molecule has 1 aromatic heterocycles. The summed E-state index contributed by atoms with van der Waals surface area (Å²) in [5.41, 5.74) is 11.7. The largest absolute Gasteiger partial charge is 0.400 e. The number of carbonyl (C=O) groups is 1. The molecule has 7 nitrogen and oxygen atoms in total. The van der Waals surface area contributed by atoms with Crippen LogP contribution < -0.4 is 11.1 Å². The van der Waals surface area contributed by atoms with Gasteiger partial charge in [-0.2, -0.15) is 0 Å². The highest BCUT2D eigenvalue weighted by atomic mass is 16.2. The fourth-order valence-electron chi connectivity index (χ4n) is 4.53. The van der Waals surface area contributed by atoms with Crippen molar-refractivity contribution in [3.8, 4) is 11.1 Å². The summed E-state index contributed by atoms with van der Waals surface area (Å²) in [7, 11) is 1.00. The maximum absolute atomic E-state index is 11.5. The number of anilines is 1. The Morgan fingerprint density at radius 2 is 1.81 bits per heavy atom. The number of likely N-dealkylation sites (tertiary alicyclic amines) is 1. The summed E-state index contributed by atoms with van der Waals surface area (Å²) in [5, 5.41) is 9.71. The second kappa shape index (κ2) is 13.5. The monoisotopic (exact) mass is 487 g/mol.